The lowest BCUT2D eigenvalue weighted by Gasteiger charge is -2.38. The minimum Gasteiger partial charge on any atom is -0.314 e. The van der Waals surface area contributed by atoms with Gasteiger partial charge in [-0.15, -0.1) is 0 Å². The number of nitrogens with zero attached hydrogens (tertiary/aromatic N) is 1. The Balaban J connectivity index is 1.95. The molecule has 0 aromatic carbocycles. The zero-order valence-corrected chi connectivity index (χ0v) is 7.51. The Labute approximate surface area is 69.0 Å². The summed E-state index contributed by atoms with van der Waals surface area (Å²) in [6, 6.07) is 1.56. The third-order valence-electron chi connectivity index (χ3n) is 3.18. The van der Waals surface area contributed by atoms with E-state index in [-0.39, 0.29) is 0 Å². The zero-order chi connectivity index (χ0) is 7.84. The molecule has 0 amide bonds. The Kier molecular flexibility index (Phi) is 1.90. The first-order valence-electron chi connectivity index (χ1n) is 4.71. The van der Waals surface area contributed by atoms with Crippen molar-refractivity contribution in [2.45, 2.75) is 31.8 Å². The van der Waals surface area contributed by atoms with Gasteiger partial charge < -0.3 is 5.32 Å². The summed E-state index contributed by atoms with van der Waals surface area (Å²) in [5.41, 5.74) is 0. The second-order valence-electron chi connectivity index (χ2n) is 4.08. The van der Waals surface area contributed by atoms with Crippen molar-refractivity contribution < 1.29 is 0 Å². The van der Waals surface area contributed by atoms with Crippen LogP contribution in [0.3, 0.4) is 0 Å². The summed E-state index contributed by atoms with van der Waals surface area (Å²) < 4.78 is 0. The van der Waals surface area contributed by atoms with Gasteiger partial charge in [0.2, 0.25) is 0 Å². The normalized spacial score (nSPS) is 40.9. The average Bonchev–Trinajstić information content (AvgIpc) is 2.77. The third-order valence-corrected chi connectivity index (χ3v) is 3.18. The van der Waals surface area contributed by atoms with E-state index >= 15 is 0 Å². The molecule has 0 bridgehead atoms. The highest BCUT2D eigenvalue weighted by molar-refractivity contribution is 4.93. The molecular formula is C9H18N2. The van der Waals surface area contributed by atoms with Crippen LogP contribution >= 0.6 is 0 Å². The van der Waals surface area contributed by atoms with Crippen LogP contribution in [0.25, 0.3) is 0 Å². The number of piperazine rings is 1. The standard InChI is InChI=1S/C9H18N2/c1-7-5-10-6-9(11(7)2)8-3-4-8/h7-10H,3-6H2,1-2H3/t7-,9?/m1/s1. The molecule has 2 heteroatoms. The fourth-order valence-corrected chi connectivity index (χ4v) is 2.04. The highest BCUT2D eigenvalue weighted by Crippen LogP contribution is 2.35. The molecule has 2 atom stereocenters. The molecule has 1 saturated carbocycles. The van der Waals surface area contributed by atoms with Crippen LogP contribution in [-0.2, 0) is 0 Å². The predicted molar refractivity (Wildman–Crippen MR) is 46.6 cm³/mol. The summed E-state index contributed by atoms with van der Waals surface area (Å²) >= 11 is 0. The van der Waals surface area contributed by atoms with Crippen LogP contribution in [-0.4, -0.2) is 37.1 Å². The molecule has 2 aliphatic rings. The van der Waals surface area contributed by atoms with Crippen molar-refractivity contribution in [3.63, 3.8) is 0 Å². The lowest BCUT2D eigenvalue weighted by molar-refractivity contribution is 0.125. The van der Waals surface area contributed by atoms with Crippen molar-refractivity contribution in [2.24, 2.45) is 5.92 Å². The number of hydrogen-bond donors (Lipinski definition) is 1. The number of rotatable bonds is 1. The fourth-order valence-electron chi connectivity index (χ4n) is 2.04. The van der Waals surface area contributed by atoms with Crippen LogP contribution in [0.4, 0.5) is 0 Å². The van der Waals surface area contributed by atoms with Crippen molar-refractivity contribution in [1.29, 1.82) is 0 Å². The monoisotopic (exact) mass is 154 g/mol. The van der Waals surface area contributed by atoms with Gasteiger partial charge in [-0.1, -0.05) is 0 Å². The Hall–Kier alpha value is -0.0800. The molecule has 1 saturated heterocycles. The Morgan fingerprint density at radius 3 is 2.64 bits per heavy atom. The second kappa shape index (κ2) is 2.76. The van der Waals surface area contributed by atoms with Crippen LogP contribution in [0.15, 0.2) is 0 Å². The molecule has 1 N–H and O–H groups in total. The van der Waals surface area contributed by atoms with Gasteiger partial charge >= 0.3 is 0 Å². The molecule has 1 aliphatic heterocycles. The Morgan fingerprint density at radius 1 is 1.27 bits per heavy atom. The predicted octanol–water partition coefficient (Wildman–Crippen LogP) is 0.688. The lowest BCUT2D eigenvalue weighted by Crippen LogP contribution is -2.55. The van der Waals surface area contributed by atoms with Crippen molar-refractivity contribution in [3.8, 4) is 0 Å². The minimum absolute atomic E-state index is 0.731. The van der Waals surface area contributed by atoms with Crippen molar-refractivity contribution in [2.75, 3.05) is 20.1 Å². The molecule has 64 valence electrons. The average molecular weight is 154 g/mol. The first-order chi connectivity index (χ1) is 5.29. The van der Waals surface area contributed by atoms with Gasteiger partial charge in [-0.05, 0) is 32.7 Å². The molecule has 11 heavy (non-hydrogen) atoms. The van der Waals surface area contributed by atoms with Crippen LogP contribution in [0, 0.1) is 5.92 Å². The first-order valence-corrected chi connectivity index (χ1v) is 4.71. The van der Waals surface area contributed by atoms with Crippen LogP contribution < -0.4 is 5.32 Å². The smallest absolute Gasteiger partial charge is 0.0249 e. The fraction of sp³-hybridized carbons (Fsp3) is 1.00. The van der Waals surface area contributed by atoms with E-state index in [9.17, 15) is 0 Å². The number of hydrogen-bond acceptors (Lipinski definition) is 2. The van der Waals surface area contributed by atoms with Gasteiger partial charge in [0.15, 0.2) is 0 Å². The maximum absolute atomic E-state index is 3.49. The SMILES string of the molecule is C[C@@H]1CNCC(C2CC2)N1C. The van der Waals surface area contributed by atoms with Gasteiger partial charge in [0.1, 0.15) is 0 Å². The largest absolute Gasteiger partial charge is 0.314 e. The second-order valence-corrected chi connectivity index (χ2v) is 4.08. The lowest BCUT2D eigenvalue weighted by atomic mass is 10.1. The van der Waals surface area contributed by atoms with E-state index in [1.807, 2.05) is 0 Å². The molecular weight excluding hydrogens is 136 g/mol. The Bertz CT molecular complexity index is 142. The van der Waals surface area contributed by atoms with Gasteiger partial charge in [-0.3, -0.25) is 4.90 Å². The van der Waals surface area contributed by atoms with E-state index < -0.39 is 0 Å². The summed E-state index contributed by atoms with van der Waals surface area (Å²) in [6.45, 7) is 4.69. The summed E-state index contributed by atoms with van der Waals surface area (Å²) in [5, 5.41) is 3.49. The molecule has 2 rings (SSSR count). The molecule has 0 radical (unpaired) electrons. The van der Waals surface area contributed by atoms with Gasteiger partial charge in [-0.2, -0.15) is 0 Å². The third kappa shape index (κ3) is 1.42. The molecule has 1 aliphatic carbocycles. The maximum atomic E-state index is 3.49. The van der Waals surface area contributed by atoms with Crippen LogP contribution in [0.2, 0.25) is 0 Å². The molecule has 0 aromatic heterocycles. The molecule has 1 unspecified atom stereocenters. The molecule has 2 nitrogen and oxygen atoms in total. The van der Waals surface area contributed by atoms with Gasteiger partial charge in [0.05, 0.1) is 0 Å². The quantitative estimate of drug-likeness (QED) is 0.598. The summed E-state index contributed by atoms with van der Waals surface area (Å²) in [7, 11) is 2.27. The van der Waals surface area contributed by atoms with E-state index in [0.717, 1.165) is 18.0 Å². The highest BCUT2D eigenvalue weighted by Gasteiger charge is 2.36. The van der Waals surface area contributed by atoms with Crippen molar-refractivity contribution in [3.05, 3.63) is 0 Å². The van der Waals surface area contributed by atoms with Gasteiger partial charge in [0, 0.05) is 25.2 Å². The first kappa shape index (κ1) is 7.56. The topological polar surface area (TPSA) is 15.3 Å². The zero-order valence-electron chi connectivity index (χ0n) is 7.51. The van der Waals surface area contributed by atoms with E-state index in [4.69, 9.17) is 0 Å². The summed E-state index contributed by atoms with van der Waals surface area (Å²) in [6.07, 6.45) is 2.92. The molecule has 1 heterocycles. The van der Waals surface area contributed by atoms with Crippen molar-refractivity contribution >= 4 is 0 Å². The van der Waals surface area contributed by atoms with E-state index in [1.165, 1.54) is 25.9 Å². The summed E-state index contributed by atoms with van der Waals surface area (Å²) in [5.74, 6) is 1.01. The highest BCUT2D eigenvalue weighted by atomic mass is 15.2. The maximum Gasteiger partial charge on any atom is 0.0249 e. The van der Waals surface area contributed by atoms with E-state index in [1.54, 1.807) is 0 Å². The Morgan fingerprint density at radius 2 is 2.00 bits per heavy atom. The molecule has 2 fully saturated rings. The molecule has 0 aromatic rings. The number of nitrogens with one attached hydrogen (secondary N) is 1. The molecule has 0 spiro atoms. The van der Waals surface area contributed by atoms with Gasteiger partial charge in [-0.25, -0.2) is 0 Å². The van der Waals surface area contributed by atoms with Crippen molar-refractivity contribution in [1.82, 2.24) is 10.2 Å². The van der Waals surface area contributed by atoms with E-state index in [0.29, 0.717) is 0 Å². The van der Waals surface area contributed by atoms with Crippen LogP contribution in [0.5, 0.6) is 0 Å². The minimum atomic E-state index is 0.731. The van der Waals surface area contributed by atoms with E-state index in [2.05, 4.69) is 24.2 Å². The summed E-state index contributed by atoms with van der Waals surface area (Å²) in [4.78, 5) is 2.55. The number of likely N-dealkylation sites (N-methyl/N-ethyl adjacent to an activating group) is 1. The van der Waals surface area contributed by atoms with Gasteiger partial charge in [0.25, 0.3) is 0 Å². The van der Waals surface area contributed by atoms with Crippen LogP contribution in [0.1, 0.15) is 19.8 Å².